The van der Waals surface area contributed by atoms with E-state index in [0.717, 1.165) is 38.0 Å². The van der Waals surface area contributed by atoms with Crippen molar-refractivity contribution in [1.82, 2.24) is 5.32 Å². The third-order valence-electron chi connectivity index (χ3n) is 4.54. The molecule has 3 nitrogen and oxygen atoms in total. The monoisotopic (exact) mass is 255 g/mol. The number of carbonyl (C=O) groups excluding carboxylic acids is 1. The molecule has 1 atom stereocenters. The zero-order chi connectivity index (χ0) is 13.8. The number of methoxy groups -OCH3 is 1. The lowest BCUT2D eigenvalue weighted by atomic mass is 9.72. The van der Waals surface area contributed by atoms with E-state index in [0.29, 0.717) is 12.0 Å². The van der Waals surface area contributed by atoms with Gasteiger partial charge in [-0.3, -0.25) is 10.1 Å². The van der Waals surface area contributed by atoms with Crippen LogP contribution >= 0.6 is 0 Å². The maximum absolute atomic E-state index is 12.1. The molecule has 0 aromatic rings. The van der Waals surface area contributed by atoms with E-state index in [9.17, 15) is 4.79 Å². The van der Waals surface area contributed by atoms with E-state index in [4.69, 9.17) is 4.74 Å². The summed E-state index contributed by atoms with van der Waals surface area (Å²) in [5.41, 5.74) is -0.435. The third kappa shape index (κ3) is 3.47. The van der Waals surface area contributed by atoms with Crippen LogP contribution in [0.3, 0.4) is 0 Å². The molecule has 0 aromatic heterocycles. The molecule has 1 saturated carbocycles. The van der Waals surface area contributed by atoms with Crippen LogP contribution in [0.25, 0.3) is 0 Å². The Labute approximate surface area is 112 Å². The SMILES string of the molecule is CCC(C)NC1(C(=O)OC)CCC(C(C)C)CC1. The number of esters is 1. The summed E-state index contributed by atoms with van der Waals surface area (Å²) in [5.74, 6) is 1.38. The first-order valence-electron chi connectivity index (χ1n) is 7.31. The first kappa shape index (κ1) is 15.5. The summed E-state index contributed by atoms with van der Waals surface area (Å²) in [4.78, 5) is 12.1. The minimum atomic E-state index is -0.435. The van der Waals surface area contributed by atoms with Gasteiger partial charge < -0.3 is 4.74 Å². The number of rotatable bonds is 5. The lowest BCUT2D eigenvalue weighted by Gasteiger charge is -2.41. The second-order valence-corrected chi connectivity index (χ2v) is 6.11. The van der Waals surface area contributed by atoms with Gasteiger partial charge in [0.1, 0.15) is 5.54 Å². The van der Waals surface area contributed by atoms with Crippen LogP contribution in [0.1, 0.15) is 59.8 Å². The van der Waals surface area contributed by atoms with Gasteiger partial charge in [0.05, 0.1) is 7.11 Å². The molecule has 1 aliphatic carbocycles. The van der Waals surface area contributed by atoms with Crippen molar-refractivity contribution in [3.8, 4) is 0 Å². The van der Waals surface area contributed by atoms with Crippen LogP contribution in [0.4, 0.5) is 0 Å². The average Bonchev–Trinajstić information content (AvgIpc) is 2.38. The minimum Gasteiger partial charge on any atom is -0.468 e. The van der Waals surface area contributed by atoms with Crippen molar-refractivity contribution in [3.63, 3.8) is 0 Å². The molecule has 0 radical (unpaired) electrons. The van der Waals surface area contributed by atoms with Crippen molar-refractivity contribution in [2.75, 3.05) is 7.11 Å². The molecule has 1 rings (SSSR count). The highest BCUT2D eigenvalue weighted by atomic mass is 16.5. The highest BCUT2D eigenvalue weighted by molar-refractivity contribution is 5.81. The van der Waals surface area contributed by atoms with E-state index in [1.54, 1.807) is 0 Å². The van der Waals surface area contributed by atoms with Crippen LogP contribution in [0.2, 0.25) is 0 Å². The standard InChI is InChI=1S/C15H29NO2/c1-6-12(4)16-15(14(17)18-5)9-7-13(8-10-15)11(2)3/h11-13,16H,6-10H2,1-5H3. The van der Waals surface area contributed by atoms with Gasteiger partial charge in [-0.05, 0) is 50.9 Å². The number of ether oxygens (including phenoxy) is 1. The molecule has 0 spiro atoms. The number of hydrogen-bond acceptors (Lipinski definition) is 3. The van der Waals surface area contributed by atoms with E-state index in [2.05, 4.69) is 33.0 Å². The summed E-state index contributed by atoms with van der Waals surface area (Å²) >= 11 is 0. The summed E-state index contributed by atoms with van der Waals surface area (Å²) in [6.07, 6.45) is 5.10. The second kappa shape index (κ2) is 6.55. The van der Waals surface area contributed by atoms with Crippen LogP contribution in [-0.4, -0.2) is 24.7 Å². The molecular formula is C15H29NO2. The van der Waals surface area contributed by atoms with Crippen LogP contribution < -0.4 is 5.32 Å². The van der Waals surface area contributed by atoms with Crippen LogP contribution in [0, 0.1) is 11.8 Å². The maximum Gasteiger partial charge on any atom is 0.326 e. The van der Waals surface area contributed by atoms with Crippen molar-refractivity contribution in [1.29, 1.82) is 0 Å². The van der Waals surface area contributed by atoms with E-state index >= 15 is 0 Å². The molecule has 1 fully saturated rings. The Morgan fingerprint density at radius 2 is 1.89 bits per heavy atom. The fourth-order valence-electron chi connectivity index (χ4n) is 2.98. The summed E-state index contributed by atoms with van der Waals surface area (Å²) in [6, 6.07) is 0.361. The molecule has 0 amide bonds. The number of hydrogen-bond donors (Lipinski definition) is 1. The maximum atomic E-state index is 12.1. The first-order chi connectivity index (χ1) is 8.45. The van der Waals surface area contributed by atoms with Gasteiger partial charge in [-0.1, -0.05) is 20.8 Å². The Balaban J connectivity index is 2.73. The molecule has 1 aliphatic rings. The zero-order valence-electron chi connectivity index (χ0n) is 12.6. The molecule has 0 heterocycles. The van der Waals surface area contributed by atoms with Gasteiger partial charge in [-0.15, -0.1) is 0 Å². The Kier molecular flexibility index (Phi) is 5.64. The first-order valence-corrected chi connectivity index (χ1v) is 7.31. The highest BCUT2D eigenvalue weighted by Gasteiger charge is 2.43. The van der Waals surface area contributed by atoms with Gasteiger partial charge in [0.2, 0.25) is 0 Å². The number of nitrogens with one attached hydrogen (secondary N) is 1. The van der Waals surface area contributed by atoms with Crippen molar-refractivity contribution in [2.45, 2.75) is 71.4 Å². The lowest BCUT2D eigenvalue weighted by Crippen LogP contribution is -2.57. The normalized spacial score (nSPS) is 30.2. The van der Waals surface area contributed by atoms with Crippen molar-refractivity contribution < 1.29 is 9.53 Å². The molecular weight excluding hydrogens is 226 g/mol. The Morgan fingerprint density at radius 1 is 1.33 bits per heavy atom. The lowest BCUT2D eigenvalue weighted by molar-refractivity contribution is -0.151. The van der Waals surface area contributed by atoms with Gasteiger partial charge in [-0.25, -0.2) is 0 Å². The summed E-state index contributed by atoms with van der Waals surface area (Å²) in [6.45, 7) is 8.83. The molecule has 3 heteroatoms. The van der Waals surface area contributed by atoms with Gasteiger partial charge in [0.25, 0.3) is 0 Å². The zero-order valence-corrected chi connectivity index (χ0v) is 12.6. The molecule has 0 aliphatic heterocycles. The van der Waals surface area contributed by atoms with Crippen LogP contribution in [0.15, 0.2) is 0 Å². The average molecular weight is 255 g/mol. The van der Waals surface area contributed by atoms with Gasteiger partial charge >= 0.3 is 5.97 Å². The molecule has 1 N–H and O–H groups in total. The van der Waals surface area contributed by atoms with E-state index in [-0.39, 0.29) is 5.97 Å². The molecule has 1 unspecified atom stereocenters. The van der Waals surface area contributed by atoms with Crippen molar-refractivity contribution in [2.24, 2.45) is 11.8 Å². The van der Waals surface area contributed by atoms with Crippen molar-refractivity contribution >= 4 is 5.97 Å². The minimum absolute atomic E-state index is 0.0787. The summed E-state index contributed by atoms with van der Waals surface area (Å²) in [7, 11) is 1.50. The fourth-order valence-corrected chi connectivity index (χ4v) is 2.98. The van der Waals surface area contributed by atoms with Crippen LogP contribution in [0.5, 0.6) is 0 Å². The van der Waals surface area contributed by atoms with Crippen molar-refractivity contribution in [3.05, 3.63) is 0 Å². The van der Waals surface area contributed by atoms with Gasteiger partial charge in [0.15, 0.2) is 0 Å². The van der Waals surface area contributed by atoms with E-state index in [1.807, 2.05) is 0 Å². The number of carbonyl (C=O) groups is 1. The topological polar surface area (TPSA) is 38.3 Å². The highest BCUT2D eigenvalue weighted by Crippen LogP contribution is 2.37. The van der Waals surface area contributed by atoms with Gasteiger partial charge in [0, 0.05) is 6.04 Å². The Morgan fingerprint density at radius 3 is 2.28 bits per heavy atom. The predicted octanol–water partition coefficient (Wildman–Crippen LogP) is 3.13. The fraction of sp³-hybridized carbons (Fsp3) is 0.933. The summed E-state index contributed by atoms with van der Waals surface area (Å²) < 4.78 is 5.03. The molecule has 106 valence electrons. The largest absolute Gasteiger partial charge is 0.468 e. The molecule has 0 saturated heterocycles. The molecule has 0 aromatic carbocycles. The molecule has 0 bridgehead atoms. The second-order valence-electron chi connectivity index (χ2n) is 6.11. The summed E-state index contributed by atoms with van der Waals surface area (Å²) in [5, 5.41) is 3.52. The smallest absolute Gasteiger partial charge is 0.326 e. The Hall–Kier alpha value is -0.570. The van der Waals surface area contributed by atoms with Gasteiger partial charge in [-0.2, -0.15) is 0 Å². The van der Waals surface area contributed by atoms with E-state index < -0.39 is 5.54 Å². The molecule has 18 heavy (non-hydrogen) atoms. The Bertz CT molecular complexity index is 268. The predicted molar refractivity (Wildman–Crippen MR) is 74.4 cm³/mol. The van der Waals surface area contributed by atoms with Crippen LogP contribution in [-0.2, 0) is 9.53 Å². The van der Waals surface area contributed by atoms with E-state index in [1.165, 1.54) is 7.11 Å². The quantitative estimate of drug-likeness (QED) is 0.767. The third-order valence-corrected chi connectivity index (χ3v) is 4.54.